The monoisotopic (exact) mass is 371 g/mol. The van der Waals surface area contributed by atoms with E-state index in [4.69, 9.17) is 26.8 Å². The molecule has 0 aromatic heterocycles. The zero-order valence-corrected chi connectivity index (χ0v) is 13.5. The first kappa shape index (κ1) is 15.9. The number of hydrogen-bond acceptors (Lipinski definition) is 4. The minimum absolute atomic E-state index is 0.0775. The van der Waals surface area contributed by atoms with Gasteiger partial charge in [0.1, 0.15) is 30.8 Å². The number of rotatable bonds is 6. The van der Waals surface area contributed by atoms with Crippen LogP contribution in [0, 0.1) is 0 Å². The number of ether oxygens (including phenoxy) is 2. The van der Waals surface area contributed by atoms with Crippen LogP contribution in [0.15, 0.2) is 46.9 Å². The SMILES string of the molecule is Nc1ccccc1OCC(O)COc1ccc(Br)cc1Cl. The van der Waals surface area contributed by atoms with Crippen LogP contribution in [0.4, 0.5) is 5.69 Å². The van der Waals surface area contributed by atoms with Gasteiger partial charge in [0.15, 0.2) is 0 Å². The number of para-hydroxylation sites is 2. The fourth-order valence-electron chi connectivity index (χ4n) is 1.62. The summed E-state index contributed by atoms with van der Waals surface area (Å²) in [6.45, 7) is 0.163. The average molecular weight is 373 g/mol. The van der Waals surface area contributed by atoms with Gasteiger partial charge < -0.3 is 20.3 Å². The van der Waals surface area contributed by atoms with Crippen molar-refractivity contribution in [1.82, 2.24) is 0 Å². The lowest BCUT2D eigenvalue weighted by Crippen LogP contribution is -2.25. The average Bonchev–Trinajstić information content (AvgIpc) is 2.45. The second kappa shape index (κ2) is 7.54. The number of nitrogens with two attached hydrogens (primary N) is 1. The molecule has 0 bridgehead atoms. The third kappa shape index (κ3) is 4.81. The van der Waals surface area contributed by atoms with Crippen LogP contribution in [0.1, 0.15) is 0 Å². The molecule has 6 heteroatoms. The van der Waals surface area contributed by atoms with Gasteiger partial charge in [0.05, 0.1) is 10.7 Å². The summed E-state index contributed by atoms with van der Waals surface area (Å²) in [5, 5.41) is 10.3. The highest BCUT2D eigenvalue weighted by Crippen LogP contribution is 2.27. The van der Waals surface area contributed by atoms with E-state index in [0.717, 1.165) is 4.47 Å². The van der Waals surface area contributed by atoms with Crippen LogP contribution in [-0.2, 0) is 0 Å². The summed E-state index contributed by atoms with van der Waals surface area (Å²) in [4.78, 5) is 0. The van der Waals surface area contributed by atoms with Crippen molar-refractivity contribution in [3.63, 3.8) is 0 Å². The number of aliphatic hydroxyl groups excluding tert-OH is 1. The van der Waals surface area contributed by atoms with Gasteiger partial charge in [0, 0.05) is 4.47 Å². The van der Waals surface area contributed by atoms with E-state index in [1.165, 1.54) is 0 Å². The van der Waals surface area contributed by atoms with Crippen LogP contribution in [0.25, 0.3) is 0 Å². The molecule has 1 atom stereocenters. The molecule has 0 radical (unpaired) electrons. The summed E-state index contributed by atoms with van der Waals surface area (Å²) >= 11 is 9.33. The number of halogens is 2. The molecule has 21 heavy (non-hydrogen) atoms. The third-order valence-electron chi connectivity index (χ3n) is 2.68. The number of aliphatic hydroxyl groups is 1. The normalized spacial score (nSPS) is 12.0. The van der Waals surface area contributed by atoms with Gasteiger partial charge in [-0.1, -0.05) is 39.7 Å². The highest BCUT2D eigenvalue weighted by molar-refractivity contribution is 9.10. The lowest BCUT2D eigenvalue weighted by atomic mass is 10.3. The molecule has 4 nitrogen and oxygen atoms in total. The molecular weight excluding hydrogens is 358 g/mol. The molecule has 0 saturated carbocycles. The molecule has 0 fully saturated rings. The summed E-state index contributed by atoms with van der Waals surface area (Å²) in [5.41, 5.74) is 6.28. The minimum Gasteiger partial charge on any atom is -0.489 e. The molecular formula is C15H15BrClNO3. The molecule has 0 aliphatic carbocycles. The predicted octanol–water partition coefficient (Wildman–Crippen LogP) is 3.50. The number of benzene rings is 2. The maximum Gasteiger partial charge on any atom is 0.142 e. The molecule has 0 spiro atoms. The number of hydrogen-bond donors (Lipinski definition) is 2. The first-order valence-corrected chi connectivity index (χ1v) is 7.46. The smallest absolute Gasteiger partial charge is 0.142 e. The van der Waals surface area contributed by atoms with Crippen LogP contribution < -0.4 is 15.2 Å². The Morgan fingerprint density at radius 2 is 1.76 bits per heavy atom. The molecule has 112 valence electrons. The molecule has 1 unspecified atom stereocenters. The van der Waals surface area contributed by atoms with E-state index < -0.39 is 6.10 Å². The third-order valence-corrected chi connectivity index (χ3v) is 3.46. The summed E-state index contributed by atoms with van der Waals surface area (Å²) in [6.07, 6.45) is -0.788. The lowest BCUT2D eigenvalue weighted by molar-refractivity contribution is 0.0629. The van der Waals surface area contributed by atoms with E-state index in [1.54, 1.807) is 24.3 Å². The second-order valence-electron chi connectivity index (χ2n) is 4.39. The quantitative estimate of drug-likeness (QED) is 0.762. The summed E-state index contributed by atoms with van der Waals surface area (Å²) in [7, 11) is 0. The fourth-order valence-corrected chi connectivity index (χ4v) is 2.35. The van der Waals surface area contributed by atoms with Crippen LogP contribution in [0.3, 0.4) is 0 Å². The van der Waals surface area contributed by atoms with E-state index in [1.807, 2.05) is 18.2 Å². The van der Waals surface area contributed by atoms with Crippen molar-refractivity contribution in [2.24, 2.45) is 0 Å². The predicted molar refractivity (Wildman–Crippen MR) is 87.0 cm³/mol. The zero-order chi connectivity index (χ0) is 15.2. The fraction of sp³-hybridized carbons (Fsp3) is 0.200. The molecule has 0 heterocycles. The van der Waals surface area contributed by atoms with Crippen molar-refractivity contribution >= 4 is 33.2 Å². The second-order valence-corrected chi connectivity index (χ2v) is 5.71. The van der Waals surface area contributed by atoms with Crippen molar-refractivity contribution in [2.75, 3.05) is 18.9 Å². The Labute approximate surface area is 136 Å². The summed E-state index contributed by atoms with van der Waals surface area (Å²) in [6, 6.07) is 12.4. The van der Waals surface area contributed by atoms with Gasteiger partial charge in [0.25, 0.3) is 0 Å². The summed E-state index contributed by atoms with van der Waals surface area (Å²) < 4.78 is 11.8. The maximum atomic E-state index is 9.87. The van der Waals surface area contributed by atoms with Gasteiger partial charge in [-0.3, -0.25) is 0 Å². The van der Waals surface area contributed by atoms with E-state index in [9.17, 15) is 5.11 Å². The van der Waals surface area contributed by atoms with E-state index in [-0.39, 0.29) is 13.2 Å². The van der Waals surface area contributed by atoms with E-state index >= 15 is 0 Å². The zero-order valence-electron chi connectivity index (χ0n) is 11.1. The van der Waals surface area contributed by atoms with Crippen LogP contribution in [-0.4, -0.2) is 24.4 Å². The largest absolute Gasteiger partial charge is 0.489 e. The van der Waals surface area contributed by atoms with Gasteiger partial charge in [-0.2, -0.15) is 0 Å². The van der Waals surface area contributed by atoms with Crippen molar-refractivity contribution in [1.29, 1.82) is 0 Å². The van der Waals surface area contributed by atoms with Gasteiger partial charge in [-0.25, -0.2) is 0 Å². The molecule has 0 aliphatic heterocycles. The molecule has 2 aromatic rings. The van der Waals surface area contributed by atoms with Crippen molar-refractivity contribution in [3.05, 3.63) is 52.0 Å². The maximum absolute atomic E-state index is 9.87. The first-order valence-electron chi connectivity index (χ1n) is 6.29. The number of anilines is 1. The van der Waals surface area contributed by atoms with E-state index in [0.29, 0.717) is 22.2 Å². The molecule has 2 aromatic carbocycles. The van der Waals surface area contributed by atoms with Gasteiger partial charge in [0.2, 0.25) is 0 Å². The Bertz CT molecular complexity index is 609. The van der Waals surface area contributed by atoms with Crippen molar-refractivity contribution in [3.8, 4) is 11.5 Å². The Kier molecular flexibility index (Phi) is 5.73. The van der Waals surface area contributed by atoms with Gasteiger partial charge in [-0.15, -0.1) is 0 Å². The molecule has 0 amide bonds. The standard InChI is InChI=1S/C15H15BrClNO3/c16-10-5-6-14(12(17)7-10)20-8-11(19)9-21-15-4-2-1-3-13(15)18/h1-7,11,19H,8-9,18H2. The molecule has 3 N–H and O–H groups in total. The van der Waals surface area contributed by atoms with Gasteiger partial charge in [-0.05, 0) is 30.3 Å². The minimum atomic E-state index is -0.788. The molecule has 2 rings (SSSR count). The Morgan fingerprint density at radius 3 is 2.43 bits per heavy atom. The van der Waals surface area contributed by atoms with Crippen LogP contribution in [0.2, 0.25) is 5.02 Å². The Hall–Kier alpha value is -1.43. The number of nitrogen functional groups attached to an aromatic ring is 1. The lowest BCUT2D eigenvalue weighted by Gasteiger charge is -2.15. The van der Waals surface area contributed by atoms with Crippen molar-refractivity contribution in [2.45, 2.75) is 6.10 Å². The molecule has 0 aliphatic rings. The first-order chi connectivity index (χ1) is 10.1. The Balaban J connectivity index is 1.82. The highest BCUT2D eigenvalue weighted by atomic mass is 79.9. The van der Waals surface area contributed by atoms with Crippen molar-refractivity contribution < 1.29 is 14.6 Å². The van der Waals surface area contributed by atoms with Gasteiger partial charge >= 0.3 is 0 Å². The molecule has 0 saturated heterocycles. The van der Waals surface area contributed by atoms with Crippen LogP contribution in [0.5, 0.6) is 11.5 Å². The van der Waals surface area contributed by atoms with E-state index in [2.05, 4.69) is 15.9 Å². The van der Waals surface area contributed by atoms with Crippen LogP contribution >= 0.6 is 27.5 Å². The highest BCUT2D eigenvalue weighted by Gasteiger charge is 2.09. The topological polar surface area (TPSA) is 64.7 Å². The summed E-state index contributed by atoms with van der Waals surface area (Å²) in [5.74, 6) is 1.05. The Morgan fingerprint density at radius 1 is 1.10 bits per heavy atom.